The standard InChI is InChI=1S/C60H56O4/c1-61-57-37-53-33-49-25-13-9-21-45(49)29-41-17-5-6-19-43(41)31-47-23-11-15-27-51(47)35-55-39-59(63-3)60(64-4)40-56(55)36-52-28-16-12-24-48(52)32-44-20-8-7-18-42(44)30-46-22-10-14-26-50(46)34-54(53)38-58(57)62-2/h5-28,37-40H,29-36H2,1-4H3. The molecule has 0 aliphatic heterocycles. The van der Waals surface area contributed by atoms with E-state index in [4.69, 9.17) is 18.9 Å². The van der Waals surface area contributed by atoms with Gasteiger partial charge in [0.15, 0.2) is 23.0 Å². The summed E-state index contributed by atoms with van der Waals surface area (Å²) in [4.78, 5) is 0. The molecule has 1 aliphatic carbocycles. The molecule has 0 unspecified atom stereocenters. The van der Waals surface area contributed by atoms with Crippen LogP contribution in [0.4, 0.5) is 0 Å². The number of rotatable bonds is 4. The van der Waals surface area contributed by atoms with Crippen LogP contribution in [-0.2, 0) is 51.4 Å². The lowest BCUT2D eigenvalue weighted by Crippen LogP contribution is -2.07. The predicted molar refractivity (Wildman–Crippen MR) is 260 cm³/mol. The molecule has 0 atom stereocenters. The molecular weight excluding hydrogens is 785 g/mol. The Kier molecular flexibility index (Phi) is 12.9. The molecule has 8 aromatic carbocycles. The first kappa shape index (κ1) is 42.3. The average Bonchev–Trinajstić information content (AvgIpc) is 3.33. The second-order valence-corrected chi connectivity index (χ2v) is 17.0. The first-order valence-corrected chi connectivity index (χ1v) is 22.4. The molecule has 320 valence electrons. The SMILES string of the molecule is COc1cc2c(cc1OC)Cc1ccccc1Cc1ccccc1Cc1ccccc1Cc1cc(OC)c(OC)cc1Cc1ccccc1Cc1ccccc1Cc1ccccc1C2. The quantitative estimate of drug-likeness (QED) is 0.177. The maximum Gasteiger partial charge on any atom is 0.161 e. The number of methoxy groups -OCH3 is 4. The van der Waals surface area contributed by atoms with Crippen LogP contribution in [0.25, 0.3) is 0 Å². The van der Waals surface area contributed by atoms with Gasteiger partial charge in [0.25, 0.3) is 0 Å². The summed E-state index contributed by atoms with van der Waals surface area (Å²) in [5, 5.41) is 0. The number of hydrogen-bond acceptors (Lipinski definition) is 4. The maximum absolute atomic E-state index is 5.93. The van der Waals surface area contributed by atoms with Gasteiger partial charge in [0.05, 0.1) is 28.4 Å². The van der Waals surface area contributed by atoms with Crippen molar-refractivity contribution >= 4 is 0 Å². The van der Waals surface area contributed by atoms with Gasteiger partial charge in [-0.15, -0.1) is 0 Å². The van der Waals surface area contributed by atoms with E-state index in [1.165, 1.54) is 89.0 Å². The lowest BCUT2D eigenvalue weighted by molar-refractivity contribution is 0.354. The van der Waals surface area contributed by atoms with Crippen LogP contribution >= 0.6 is 0 Å². The monoisotopic (exact) mass is 840 g/mol. The molecule has 64 heavy (non-hydrogen) atoms. The molecule has 0 heterocycles. The normalized spacial score (nSPS) is 12.8. The highest BCUT2D eigenvalue weighted by molar-refractivity contribution is 5.54. The summed E-state index contributed by atoms with van der Waals surface area (Å²) >= 11 is 0. The fourth-order valence-electron chi connectivity index (χ4n) is 9.64. The van der Waals surface area contributed by atoms with Crippen LogP contribution in [0, 0.1) is 0 Å². The maximum atomic E-state index is 5.93. The Morgan fingerprint density at radius 2 is 0.328 bits per heavy atom. The highest BCUT2D eigenvalue weighted by atomic mass is 16.5. The van der Waals surface area contributed by atoms with Gasteiger partial charge >= 0.3 is 0 Å². The van der Waals surface area contributed by atoms with Gasteiger partial charge in [0.1, 0.15) is 0 Å². The summed E-state index contributed by atoms with van der Waals surface area (Å²) in [6.07, 6.45) is 6.42. The number of ether oxygens (including phenoxy) is 4. The fraction of sp³-hybridized carbons (Fsp3) is 0.200. The van der Waals surface area contributed by atoms with Crippen molar-refractivity contribution in [1.82, 2.24) is 0 Å². The summed E-state index contributed by atoms with van der Waals surface area (Å²) < 4.78 is 23.7. The zero-order valence-electron chi connectivity index (χ0n) is 37.5. The fourth-order valence-corrected chi connectivity index (χ4v) is 9.64. The largest absolute Gasteiger partial charge is 0.493 e. The van der Waals surface area contributed by atoms with Crippen molar-refractivity contribution in [3.8, 4) is 23.0 Å². The molecule has 0 N–H and O–H groups in total. The molecule has 4 heteroatoms. The van der Waals surface area contributed by atoms with E-state index in [-0.39, 0.29) is 0 Å². The molecule has 0 fully saturated rings. The molecule has 0 spiro atoms. The van der Waals surface area contributed by atoms with E-state index in [1.54, 1.807) is 28.4 Å². The van der Waals surface area contributed by atoms with Crippen LogP contribution in [0.3, 0.4) is 0 Å². The summed E-state index contributed by atoms with van der Waals surface area (Å²) in [6, 6.07) is 62.5. The molecule has 8 aromatic rings. The smallest absolute Gasteiger partial charge is 0.161 e. The Balaban J connectivity index is 1.20. The molecule has 0 saturated heterocycles. The average molecular weight is 841 g/mol. The Morgan fingerprint density at radius 3 is 0.453 bits per heavy atom. The minimum absolute atomic E-state index is 0.749. The van der Waals surface area contributed by atoms with Gasteiger partial charge in [-0.1, -0.05) is 146 Å². The first-order valence-electron chi connectivity index (χ1n) is 22.4. The van der Waals surface area contributed by atoms with Crippen molar-refractivity contribution in [3.05, 3.63) is 259 Å². The van der Waals surface area contributed by atoms with Crippen molar-refractivity contribution < 1.29 is 18.9 Å². The van der Waals surface area contributed by atoms with Gasteiger partial charge in [0, 0.05) is 0 Å². The van der Waals surface area contributed by atoms with Crippen molar-refractivity contribution in [3.63, 3.8) is 0 Å². The molecule has 0 radical (unpaired) electrons. The van der Waals surface area contributed by atoms with Crippen molar-refractivity contribution in [2.75, 3.05) is 28.4 Å². The van der Waals surface area contributed by atoms with Crippen LogP contribution in [0.2, 0.25) is 0 Å². The lowest BCUT2D eigenvalue weighted by Gasteiger charge is -2.20. The Morgan fingerprint density at radius 1 is 0.203 bits per heavy atom. The molecule has 4 nitrogen and oxygen atoms in total. The summed E-state index contributed by atoms with van der Waals surface area (Å²) in [5.74, 6) is 2.99. The minimum atomic E-state index is 0.749. The lowest BCUT2D eigenvalue weighted by atomic mass is 9.86. The number of fused-ring (bicyclic) bond motifs is 8. The van der Waals surface area contributed by atoms with E-state index >= 15 is 0 Å². The van der Waals surface area contributed by atoms with Crippen molar-refractivity contribution in [1.29, 1.82) is 0 Å². The van der Waals surface area contributed by atoms with E-state index in [2.05, 4.69) is 170 Å². The molecule has 9 rings (SSSR count). The van der Waals surface area contributed by atoms with Gasteiger partial charge in [0.2, 0.25) is 0 Å². The summed E-state index contributed by atoms with van der Waals surface area (Å²) in [7, 11) is 6.91. The van der Waals surface area contributed by atoms with E-state index in [9.17, 15) is 0 Å². The Hall–Kier alpha value is -7.04. The van der Waals surface area contributed by atoms with E-state index in [0.717, 1.165) is 74.4 Å². The number of hydrogen-bond donors (Lipinski definition) is 0. The third-order valence-corrected chi connectivity index (χ3v) is 13.2. The minimum Gasteiger partial charge on any atom is -0.493 e. The van der Waals surface area contributed by atoms with Crippen LogP contribution in [0.1, 0.15) is 89.0 Å². The molecule has 1 aliphatic rings. The molecule has 0 saturated carbocycles. The van der Waals surface area contributed by atoms with Gasteiger partial charge in [-0.2, -0.15) is 0 Å². The highest BCUT2D eigenvalue weighted by Gasteiger charge is 2.20. The van der Waals surface area contributed by atoms with Crippen LogP contribution in [-0.4, -0.2) is 28.4 Å². The highest BCUT2D eigenvalue weighted by Crippen LogP contribution is 2.37. The molecule has 0 bridgehead atoms. The molecule has 0 aromatic heterocycles. The third kappa shape index (κ3) is 9.33. The first-order chi connectivity index (χ1) is 31.5. The zero-order chi connectivity index (χ0) is 43.8. The second kappa shape index (κ2) is 19.6. The van der Waals surface area contributed by atoms with Gasteiger partial charge in [-0.25, -0.2) is 0 Å². The van der Waals surface area contributed by atoms with E-state index in [0.29, 0.717) is 0 Å². The topological polar surface area (TPSA) is 36.9 Å². The third-order valence-electron chi connectivity index (χ3n) is 13.2. The van der Waals surface area contributed by atoms with Crippen LogP contribution < -0.4 is 18.9 Å². The van der Waals surface area contributed by atoms with Gasteiger partial charge in [-0.3, -0.25) is 0 Å². The molecule has 0 amide bonds. The Labute approximate surface area is 379 Å². The second-order valence-electron chi connectivity index (χ2n) is 17.0. The predicted octanol–water partition coefficient (Wildman–Crippen LogP) is 12.8. The van der Waals surface area contributed by atoms with E-state index < -0.39 is 0 Å². The van der Waals surface area contributed by atoms with Crippen molar-refractivity contribution in [2.24, 2.45) is 0 Å². The zero-order valence-corrected chi connectivity index (χ0v) is 37.5. The summed E-state index contributed by atoms with van der Waals surface area (Å²) in [5.41, 5.74) is 20.8. The van der Waals surface area contributed by atoms with Gasteiger partial charge < -0.3 is 18.9 Å². The van der Waals surface area contributed by atoms with Crippen LogP contribution in [0.5, 0.6) is 23.0 Å². The molecular formula is C60H56O4. The number of benzene rings is 8. The van der Waals surface area contributed by atoms with E-state index in [1.807, 2.05) is 0 Å². The van der Waals surface area contributed by atoms with Gasteiger partial charge in [-0.05, 0) is 165 Å². The Bertz CT molecular complexity index is 2510. The summed E-state index contributed by atoms with van der Waals surface area (Å²) in [6.45, 7) is 0. The van der Waals surface area contributed by atoms with Crippen molar-refractivity contribution in [2.45, 2.75) is 51.4 Å². The van der Waals surface area contributed by atoms with Crippen LogP contribution in [0.15, 0.2) is 170 Å².